The van der Waals surface area contributed by atoms with Crippen molar-refractivity contribution in [3.05, 3.63) is 78.8 Å². The van der Waals surface area contributed by atoms with Gasteiger partial charge in [-0.3, -0.25) is 9.32 Å². The molecule has 5 N–H and O–H groups in total. The molecule has 284 valence electrons. The number of fused-ring (bicyclic) bond motifs is 2. The van der Waals surface area contributed by atoms with Crippen molar-refractivity contribution in [3.63, 3.8) is 0 Å². The van der Waals surface area contributed by atoms with Crippen LogP contribution in [0.5, 0.6) is 5.75 Å². The molecule has 1 aliphatic heterocycles. The Hall–Kier alpha value is -3.58. The van der Waals surface area contributed by atoms with Crippen LogP contribution in [0.1, 0.15) is 103 Å². The summed E-state index contributed by atoms with van der Waals surface area (Å²) < 4.78 is 38.7. The van der Waals surface area contributed by atoms with E-state index in [-0.39, 0.29) is 18.2 Å². The third kappa shape index (κ3) is 10.1. The summed E-state index contributed by atoms with van der Waals surface area (Å²) >= 11 is 0. The van der Waals surface area contributed by atoms with Gasteiger partial charge in [0.15, 0.2) is 11.4 Å². The smallest absolute Gasteiger partial charge is 0.459 e. The highest BCUT2D eigenvalue weighted by Crippen LogP contribution is 2.61. The maximum atomic E-state index is 14.1. The zero-order chi connectivity index (χ0) is 37.0. The molecule has 0 radical (unpaired) electrons. The second-order valence-electron chi connectivity index (χ2n) is 13.5. The summed E-state index contributed by atoms with van der Waals surface area (Å²) in [5.74, 6) is -0.150. The van der Waals surface area contributed by atoms with E-state index in [1.54, 1.807) is 42.5 Å². The van der Waals surface area contributed by atoms with Crippen LogP contribution in [0.2, 0.25) is 0 Å². The average Bonchev–Trinajstić information content (AvgIpc) is 3.37. The maximum Gasteiger partial charge on any atom is 0.459 e. The van der Waals surface area contributed by atoms with Gasteiger partial charge >= 0.3 is 13.7 Å². The lowest BCUT2D eigenvalue weighted by molar-refractivity contribution is -0.145. The van der Waals surface area contributed by atoms with Crippen molar-refractivity contribution in [3.8, 4) is 5.75 Å². The minimum absolute atomic E-state index is 0.217. The highest BCUT2D eigenvalue weighted by molar-refractivity contribution is 7.52. The number of anilines is 1. The molecule has 1 saturated carbocycles. The first-order valence-electron chi connectivity index (χ1n) is 18.6. The molecule has 2 fully saturated rings. The third-order valence-corrected chi connectivity index (χ3v) is 11.1. The maximum absolute atomic E-state index is 14.1. The molecule has 52 heavy (non-hydrogen) atoms. The van der Waals surface area contributed by atoms with Crippen LogP contribution in [0, 0.1) is 0 Å². The molecule has 1 aliphatic carbocycles. The molecule has 3 aromatic rings. The Kier molecular flexibility index (Phi) is 14.4. The minimum atomic E-state index is -4.32. The van der Waals surface area contributed by atoms with Crippen LogP contribution >= 0.6 is 7.75 Å². The first-order valence-corrected chi connectivity index (χ1v) is 20.1. The predicted molar refractivity (Wildman–Crippen MR) is 198 cm³/mol. The van der Waals surface area contributed by atoms with Crippen molar-refractivity contribution in [2.45, 2.75) is 127 Å². The SMILES string of the molecule is CCCCC/C=C\C/C=C\CCCCCCCCOC(=O)[C@H](C)NP(=O)(Oc1ccccc1)OC1[C@H]2O[C@@H](c3ccc4c(N)ncnn34)[C@H](O)[C@@]12O. The Morgan fingerprint density at radius 1 is 1.04 bits per heavy atom. The molecule has 2 aliphatic rings. The lowest BCUT2D eigenvalue weighted by Gasteiger charge is -2.26. The monoisotopic (exact) mass is 739 g/mol. The van der Waals surface area contributed by atoms with Gasteiger partial charge in [0.1, 0.15) is 48.1 Å². The van der Waals surface area contributed by atoms with Crippen LogP contribution in [0.3, 0.4) is 0 Å². The van der Waals surface area contributed by atoms with Gasteiger partial charge in [-0.15, -0.1) is 0 Å². The number of ether oxygens (including phenoxy) is 2. The summed E-state index contributed by atoms with van der Waals surface area (Å²) in [4.78, 5) is 16.9. The molecule has 3 heterocycles. The van der Waals surface area contributed by atoms with Gasteiger partial charge in [-0.05, 0) is 69.7 Å². The average molecular weight is 740 g/mol. The van der Waals surface area contributed by atoms with E-state index in [1.807, 2.05) is 0 Å². The van der Waals surface area contributed by atoms with Gasteiger partial charge in [-0.2, -0.15) is 10.2 Å². The number of aromatic nitrogens is 3. The number of allylic oxidation sites excluding steroid dienone is 4. The van der Waals surface area contributed by atoms with Crippen LogP contribution in [0.4, 0.5) is 5.82 Å². The normalized spacial score (nSPS) is 24.3. The van der Waals surface area contributed by atoms with Gasteiger partial charge in [-0.1, -0.05) is 88.0 Å². The van der Waals surface area contributed by atoms with Crippen LogP contribution in [-0.2, 0) is 23.4 Å². The molecule has 2 aromatic heterocycles. The number of nitrogens with two attached hydrogens (primary N) is 1. The van der Waals surface area contributed by atoms with Gasteiger partial charge in [0.2, 0.25) is 0 Å². The third-order valence-electron chi connectivity index (χ3n) is 9.45. The fourth-order valence-corrected chi connectivity index (χ4v) is 8.12. The number of nitrogen functional groups attached to an aromatic ring is 1. The molecule has 0 bridgehead atoms. The Morgan fingerprint density at radius 3 is 2.42 bits per heavy atom. The van der Waals surface area contributed by atoms with Gasteiger partial charge in [0, 0.05) is 0 Å². The number of hydrogen-bond donors (Lipinski definition) is 4. The quantitative estimate of drug-likeness (QED) is 0.0348. The molecular formula is C38H54N5O8P. The molecule has 2 unspecified atom stereocenters. The van der Waals surface area contributed by atoms with Crippen molar-refractivity contribution < 1.29 is 38.1 Å². The number of benzene rings is 1. The Bertz CT molecular complexity index is 1690. The van der Waals surface area contributed by atoms with E-state index in [1.165, 1.54) is 56.3 Å². The van der Waals surface area contributed by atoms with E-state index in [0.717, 1.165) is 38.5 Å². The Balaban J connectivity index is 1.04. The number of aliphatic hydroxyl groups excluding tert-OH is 1. The highest BCUT2D eigenvalue weighted by Gasteiger charge is 2.79. The summed E-state index contributed by atoms with van der Waals surface area (Å²) in [6.07, 6.45) is 19.0. The molecule has 5 rings (SSSR count). The lowest BCUT2D eigenvalue weighted by Crippen LogP contribution is -2.38. The largest absolute Gasteiger partial charge is 0.465 e. The van der Waals surface area contributed by atoms with Gasteiger partial charge in [-0.25, -0.2) is 14.1 Å². The van der Waals surface area contributed by atoms with Crippen LogP contribution in [-0.4, -0.2) is 67.3 Å². The Labute approximate surface area is 306 Å². The number of esters is 1. The highest BCUT2D eigenvalue weighted by atomic mass is 31.2. The van der Waals surface area contributed by atoms with E-state index < -0.39 is 49.8 Å². The number of rotatable bonds is 23. The number of para-hydroxylation sites is 1. The summed E-state index contributed by atoms with van der Waals surface area (Å²) in [6, 6.07) is 10.6. The number of nitrogens with one attached hydrogen (secondary N) is 1. The fourth-order valence-electron chi connectivity index (χ4n) is 6.41. The van der Waals surface area contributed by atoms with Crippen molar-refractivity contribution in [1.82, 2.24) is 19.7 Å². The van der Waals surface area contributed by atoms with Gasteiger partial charge in [0.25, 0.3) is 0 Å². The van der Waals surface area contributed by atoms with E-state index in [2.05, 4.69) is 46.4 Å². The zero-order valence-corrected chi connectivity index (χ0v) is 31.1. The van der Waals surface area contributed by atoms with E-state index in [4.69, 9.17) is 24.3 Å². The van der Waals surface area contributed by atoms with Crippen LogP contribution < -0.4 is 15.3 Å². The molecule has 13 nitrogen and oxygen atoms in total. The van der Waals surface area contributed by atoms with E-state index in [9.17, 15) is 19.6 Å². The number of carbonyl (C=O) groups excluding carboxylic acids is 1. The Morgan fingerprint density at radius 2 is 1.73 bits per heavy atom. The summed E-state index contributed by atoms with van der Waals surface area (Å²) in [6.45, 7) is 3.96. The minimum Gasteiger partial charge on any atom is -0.465 e. The summed E-state index contributed by atoms with van der Waals surface area (Å²) in [5.41, 5.74) is 5.02. The second kappa shape index (κ2) is 19.0. The lowest BCUT2D eigenvalue weighted by atomic mass is 10.1. The predicted octanol–water partition coefficient (Wildman–Crippen LogP) is 6.76. The molecule has 7 atom stereocenters. The van der Waals surface area contributed by atoms with Gasteiger partial charge < -0.3 is 29.9 Å². The van der Waals surface area contributed by atoms with E-state index in [0.29, 0.717) is 11.2 Å². The molecule has 0 spiro atoms. The van der Waals surface area contributed by atoms with E-state index >= 15 is 0 Å². The fraction of sp³-hybridized carbons (Fsp3) is 0.553. The zero-order valence-electron chi connectivity index (χ0n) is 30.2. The topological polar surface area (TPSA) is 180 Å². The van der Waals surface area contributed by atoms with Crippen LogP contribution in [0.25, 0.3) is 5.52 Å². The first kappa shape index (κ1) is 39.6. The van der Waals surface area contributed by atoms with Crippen molar-refractivity contribution in [2.24, 2.45) is 0 Å². The summed E-state index contributed by atoms with van der Waals surface area (Å²) in [7, 11) is -4.32. The molecular weight excluding hydrogens is 685 g/mol. The van der Waals surface area contributed by atoms with Crippen molar-refractivity contribution in [1.29, 1.82) is 0 Å². The first-order chi connectivity index (χ1) is 25.2. The molecule has 0 amide bonds. The molecule has 1 aromatic carbocycles. The second-order valence-corrected chi connectivity index (χ2v) is 15.2. The van der Waals surface area contributed by atoms with Crippen LogP contribution in [0.15, 0.2) is 73.1 Å². The number of unbranched alkanes of at least 4 members (excludes halogenated alkanes) is 9. The number of hydrogen-bond acceptors (Lipinski definition) is 11. The number of nitrogens with zero attached hydrogens (tertiary/aromatic N) is 3. The van der Waals surface area contributed by atoms with Gasteiger partial charge in [0.05, 0.1) is 12.3 Å². The van der Waals surface area contributed by atoms with Crippen molar-refractivity contribution >= 4 is 25.1 Å². The van der Waals surface area contributed by atoms with Crippen molar-refractivity contribution in [2.75, 3.05) is 12.3 Å². The molecule has 1 saturated heterocycles. The standard InChI is InChI=1S/C38H54N5O8P/c1-3-4-5-6-7-8-9-10-11-12-13-14-15-16-17-21-26-48-37(45)28(2)42-52(47,50-29-22-19-18-20-23-29)51-35-34-38(35,46)33(44)32(49-34)30-24-25-31-36(39)40-27-41-43(30)31/h7-8,10-11,18-20,22-25,27-28,32-35,44,46H,3-6,9,12-17,21,26H2,1-2H3,(H,42,47)(H2,39,40,41)/b8-7-,11-10-/t28-,32-,33-,34+,35?,38-,52?/m0/s1. The number of carbonyl (C=O) groups is 1. The summed E-state index contributed by atoms with van der Waals surface area (Å²) in [5, 5.41) is 29.4. The molecule has 14 heteroatoms. The number of aliphatic hydroxyl groups is 2.